The van der Waals surface area contributed by atoms with Gasteiger partial charge in [0.25, 0.3) is 0 Å². The van der Waals surface area contributed by atoms with E-state index in [1.807, 2.05) is 35.1 Å². The lowest BCUT2D eigenvalue weighted by Crippen LogP contribution is -2.53. The van der Waals surface area contributed by atoms with Gasteiger partial charge in [0.2, 0.25) is 0 Å². The summed E-state index contributed by atoms with van der Waals surface area (Å²) in [6, 6.07) is 8.24. The maximum Gasteiger partial charge on any atom is 0.144 e. The van der Waals surface area contributed by atoms with E-state index in [1.165, 1.54) is 5.56 Å². The van der Waals surface area contributed by atoms with Gasteiger partial charge in [-0.15, -0.1) is 0 Å². The molecule has 0 unspecified atom stereocenters. The average molecular weight is 413 g/mol. The van der Waals surface area contributed by atoms with Gasteiger partial charge >= 0.3 is 0 Å². The normalized spacial score (nSPS) is 30.3. The second kappa shape index (κ2) is 8.67. The van der Waals surface area contributed by atoms with E-state index >= 15 is 0 Å². The molecule has 0 amide bonds. The van der Waals surface area contributed by atoms with Crippen LogP contribution in [0.25, 0.3) is 5.69 Å². The molecule has 3 aliphatic rings. The molecule has 7 nitrogen and oxygen atoms in total. The summed E-state index contributed by atoms with van der Waals surface area (Å²) in [6.45, 7) is 6.56. The number of rotatable bonds is 5. The smallest absolute Gasteiger partial charge is 0.144 e. The molecule has 1 N–H and O–H groups in total. The molecule has 1 saturated carbocycles. The predicted octanol–water partition coefficient (Wildman–Crippen LogP) is 1.78. The van der Waals surface area contributed by atoms with Crippen LogP contribution < -0.4 is 4.74 Å². The van der Waals surface area contributed by atoms with Crippen LogP contribution in [0.5, 0.6) is 5.75 Å². The molecule has 2 aliphatic heterocycles. The van der Waals surface area contributed by atoms with Crippen molar-refractivity contribution in [1.82, 2.24) is 19.6 Å². The number of likely N-dealkylation sites (tertiary alicyclic amines) is 1. The molecule has 1 aromatic heterocycles. The van der Waals surface area contributed by atoms with E-state index in [9.17, 15) is 5.11 Å². The summed E-state index contributed by atoms with van der Waals surface area (Å²) < 4.78 is 12.9. The Morgan fingerprint density at radius 2 is 1.90 bits per heavy atom. The zero-order valence-corrected chi connectivity index (χ0v) is 17.7. The van der Waals surface area contributed by atoms with E-state index in [4.69, 9.17) is 9.47 Å². The van der Waals surface area contributed by atoms with Crippen LogP contribution in [0.15, 0.2) is 36.7 Å². The summed E-state index contributed by atoms with van der Waals surface area (Å²) in [6.07, 6.45) is 5.87. The lowest BCUT2D eigenvalue weighted by Gasteiger charge is -2.43. The first kappa shape index (κ1) is 20.0. The van der Waals surface area contributed by atoms with Gasteiger partial charge in [-0.2, -0.15) is 5.10 Å². The highest BCUT2D eigenvalue weighted by Gasteiger charge is 2.43. The van der Waals surface area contributed by atoms with Gasteiger partial charge in [-0.05, 0) is 36.8 Å². The molecular formula is C23H32N4O3. The van der Waals surface area contributed by atoms with Gasteiger partial charge in [-0.25, -0.2) is 4.68 Å². The molecule has 162 valence electrons. The Bertz CT molecular complexity index is 850. The molecule has 0 bridgehead atoms. The molecule has 0 spiro atoms. The molecule has 5 rings (SSSR count). The number of methoxy groups -OCH3 is 1. The third-order valence-electron chi connectivity index (χ3n) is 7.07. The Morgan fingerprint density at radius 3 is 2.70 bits per heavy atom. The Kier molecular flexibility index (Phi) is 5.78. The minimum atomic E-state index is -0.211. The van der Waals surface area contributed by atoms with E-state index < -0.39 is 0 Å². The maximum absolute atomic E-state index is 10.8. The van der Waals surface area contributed by atoms with Crippen molar-refractivity contribution in [2.45, 2.75) is 31.5 Å². The van der Waals surface area contributed by atoms with Crippen molar-refractivity contribution in [3.63, 3.8) is 0 Å². The van der Waals surface area contributed by atoms with Crippen LogP contribution in [0, 0.1) is 11.8 Å². The quantitative estimate of drug-likeness (QED) is 0.808. The van der Waals surface area contributed by atoms with Crippen LogP contribution in [0.3, 0.4) is 0 Å². The molecule has 2 aromatic rings. The first-order valence-corrected chi connectivity index (χ1v) is 11.1. The number of fused-ring (bicyclic) bond motifs is 1. The largest absolute Gasteiger partial charge is 0.494 e. The summed E-state index contributed by atoms with van der Waals surface area (Å²) in [5.41, 5.74) is 2.17. The number of nitrogens with zero attached hydrogens (tertiary/aromatic N) is 4. The number of aromatic nitrogens is 2. The van der Waals surface area contributed by atoms with Crippen LogP contribution >= 0.6 is 0 Å². The number of hydrogen-bond donors (Lipinski definition) is 1. The zero-order valence-electron chi connectivity index (χ0n) is 17.7. The number of morpholine rings is 1. The minimum Gasteiger partial charge on any atom is -0.494 e. The molecule has 3 heterocycles. The molecule has 1 aliphatic carbocycles. The lowest BCUT2D eigenvalue weighted by molar-refractivity contribution is -0.0520. The topological polar surface area (TPSA) is 63.0 Å². The van der Waals surface area contributed by atoms with Crippen LogP contribution in [0.1, 0.15) is 18.4 Å². The fraction of sp³-hybridized carbons (Fsp3) is 0.609. The Morgan fingerprint density at radius 1 is 1.13 bits per heavy atom. The van der Waals surface area contributed by atoms with Gasteiger partial charge in [0.1, 0.15) is 11.4 Å². The van der Waals surface area contributed by atoms with Crippen molar-refractivity contribution in [3.8, 4) is 11.4 Å². The van der Waals surface area contributed by atoms with Gasteiger partial charge in [0, 0.05) is 50.5 Å². The third kappa shape index (κ3) is 3.99. The molecule has 3 fully saturated rings. The fourth-order valence-corrected chi connectivity index (χ4v) is 5.59. The van der Waals surface area contributed by atoms with Crippen LogP contribution in [-0.2, 0) is 11.3 Å². The highest BCUT2D eigenvalue weighted by molar-refractivity contribution is 5.46. The maximum atomic E-state index is 10.8. The average Bonchev–Trinajstić information content (AvgIpc) is 3.40. The van der Waals surface area contributed by atoms with Gasteiger partial charge < -0.3 is 14.6 Å². The highest BCUT2D eigenvalue weighted by atomic mass is 16.5. The molecule has 1 aromatic carbocycles. The second-order valence-corrected chi connectivity index (χ2v) is 8.93. The van der Waals surface area contributed by atoms with E-state index in [0.717, 1.165) is 70.2 Å². The summed E-state index contributed by atoms with van der Waals surface area (Å²) in [7, 11) is 1.69. The standard InChI is InChI=1S/C23H32N4O3/c1-29-23-5-3-2-4-20(23)27-14-17(12-24-27)13-25-15-18-10-21(22(28)11-19(18)16-25)26-6-8-30-9-7-26/h2-5,12,14,18-19,21-22,28H,6-11,13,15-16H2,1H3/t18-,19+,21-,22-/m1/s1. The first-order chi connectivity index (χ1) is 14.7. The highest BCUT2D eigenvalue weighted by Crippen LogP contribution is 2.39. The lowest BCUT2D eigenvalue weighted by atomic mass is 9.77. The van der Waals surface area contributed by atoms with Crippen molar-refractivity contribution in [2.24, 2.45) is 11.8 Å². The molecule has 30 heavy (non-hydrogen) atoms. The number of aliphatic hydroxyl groups is 1. The number of para-hydroxylation sites is 2. The summed E-state index contributed by atoms with van der Waals surface area (Å²) in [5, 5.41) is 15.4. The van der Waals surface area contributed by atoms with Crippen molar-refractivity contribution < 1.29 is 14.6 Å². The second-order valence-electron chi connectivity index (χ2n) is 8.93. The summed E-state index contributed by atoms with van der Waals surface area (Å²) in [5.74, 6) is 2.09. The van der Waals surface area contributed by atoms with Crippen LogP contribution in [0.2, 0.25) is 0 Å². The van der Waals surface area contributed by atoms with Crippen molar-refractivity contribution in [1.29, 1.82) is 0 Å². The van der Waals surface area contributed by atoms with Gasteiger partial charge in [-0.3, -0.25) is 9.80 Å². The van der Waals surface area contributed by atoms with E-state index in [2.05, 4.69) is 21.1 Å². The molecule has 7 heteroatoms. The monoisotopic (exact) mass is 412 g/mol. The van der Waals surface area contributed by atoms with Crippen LogP contribution in [-0.4, -0.2) is 83.3 Å². The minimum absolute atomic E-state index is 0.211. The van der Waals surface area contributed by atoms with Crippen molar-refractivity contribution in [2.75, 3.05) is 46.5 Å². The number of aliphatic hydroxyl groups excluding tert-OH is 1. The molecular weight excluding hydrogens is 380 g/mol. The zero-order chi connectivity index (χ0) is 20.5. The number of hydrogen-bond acceptors (Lipinski definition) is 6. The molecule has 2 saturated heterocycles. The van der Waals surface area contributed by atoms with E-state index in [-0.39, 0.29) is 6.10 Å². The number of benzene rings is 1. The van der Waals surface area contributed by atoms with Gasteiger partial charge in [0.15, 0.2) is 0 Å². The third-order valence-corrected chi connectivity index (χ3v) is 7.07. The van der Waals surface area contributed by atoms with Crippen molar-refractivity contribution in [3.05, 3.63) is 42.2 Å². The van der Waals surface area contributed by atoms with Gasteiger partial charge in [0.05, 0.1) is 32.6 Å². The van der Waals surface area contributed by atoms with Gasteiger partial charge in [-0.1, -0.05) is 12.1 Å². The predicted molar refractivity (Wildman–Crippen MR) is 114 cm³/mol. The number of ether oxygens (including phenoxy) is 2. The summed E-state index contributed by atoms with van der Waals surface area (Å²) >= 11 is 0. The molecule has 4 atom stereocenters. The Balaban J connectivity index is 1.22. The SMILES string of the molecule is COc1ccccc1-n1cc(CN2C[C@H]3C[C@@H](N4CCOCC4)[C@H](O)C[C@H]3C2)cn1. The van der Waals surface area contributed by atoms with E-state index in [1.54, 1.807) is 7.11 Å². The first-order valence-electron chi connectivity index (χ1n) is 11.1. The molecule has 0 radical (unpaired) electrons. The van der Waals surface area contributed by atoms with E-state index in [0.29, 0.717) is 17.9 Å². The summed E-state index contributed by atoms with van der Waals surface area (Å²) in [4.78, 5) is 4.98. The van der Waals surface area contributed by atoms with Crippen LogP contribution in [0.4, 0.5) is 0 Å². The Labute approximate surface area is 178 Å². The van der Waals surface area contributed by atoms with Crippen molar-refractivity contribution >= 4 is 0 Å². The fourth-order valence-electron chi connectivity index (χ4n) is 5.59. The Hall–Kier alpha value is -1.93.